The molecule has 6 rings (SSSR count). The highest BCUT2D eigenvalue weighted by Gasteiger charge is 2.19. The molecule has 2 aromatic heterocycles. The van der Waals surface area contributed by atoms with E-state index >= 15 is 0 Å². The molecule has 4 aromatic carbocycles. The molecule has 1 N–H and O–H groups in total. The van der Waals surface area contributed by atoms with Crippen LogP contribution in [-0.2, 0) is 18.0 Å². The van der Waals surface area contributed by atoms with Crippen LogP contribution in [0.1, 0.15) is 31.9 Å². The molecule has 6 heteroatoms. The zero-order chi connectivity index (χ0) is 28.7. The van der Waals surface area contributed by atoms with Crippen molar-refractivity contribution in [3.8, 4) is 11.5 Å². The number of aromatic nitrogens is 2. The van der Waals surface area contributed by atoms with Crippen LogP contribution in [0.25, 0.3) is 21.8 Å². The van der Waals surface area contributed by atoms with Crippen molar-refractivity contribution in [3.05, 3.63) is 133 Å². The molecule has 0 spiro atoms. The van der Waals surface area contributed by atoms with E-state index in [4.69, 9.17) is 14.2 Å². The van der Waals surface area contributed by atoms with Gasteiger partial charge in [0, 0.05) is 35.4 Å². The van der Waals surface area contributed by atoms with Crippen LogP contribution < -0.4 is 9.47 Å². The van der Waals surface area contributed by atoms with Crippen molar-refractivity contribution in [2.75, 3.05) is 0 Å². The highest BCUT2D eigenvalue weighted by atomic mass is 16.6. The molecule has 6 nitrogen and oxygen atoms in total. The molecule has 2 heterocycles. The number of nitrogens with zero attached hydrogens (tertiary/aromatic N) is 1. The third-order valence-electron chi connectivity index (χ3n) is 6.28. The lowest BCUT2D eigenvalue weighted by molar-refractivity contribution is 0.0544. The highest BCUT2D eigenvalue weighted by molar-refractivity contribution is 5.90. The topological polar surface area (TPSA) is 65.5 Å². The van der Waals surface area contributed by atoms with E-state index in [0.717, 1.165) is 33.5 Å². The van der Waals surface area contributed by atoms with E-state index in [0.29, 0.717) is 13.2 Å². The Bertz CT molecular complexity index is 1710. The fourth-order valence-electron chi connectivity index (χ4n) is 4.27. The Morgan fingerprint density at radius 2 is 1.29 bits per heavy atom. The lowest BCUT2D eigenvalue weighted by Crippen LogP contribution is -2.26. The van der Waals surface area contributed by atoms with Crippen molar-refractivity contribution in [2.24, 2.45) is 0 Å². The van der Waals surface area contributed by atoms with E-state index in [9.17, 15) is 4.79 Å². The number of carbonyl (C=O) groups is 1. The van der Waals surface area contributed by atoms with Crippen molar-refractivity contribution in [2.45, 2.75) is 39.6 Å². The Labute approximate surface area is 240 Å². The minimum Gasteiger partial charge on any atom is -0.489 e. The summed E-state index contributed by atoms with van der Waals surface area (Å²) in [4.78, 5) is 15.5. The molecule has 0 fully saturated rings. The molecule has 41 heavy (non-hydrogen) atoms. The molecule has 6 aromatic rings. The Morgan fingerprint density at radius 1 is 0.707 bits per heavy atom. The number of fused-ring (bicyclic) bond motifs is 2. The van der Waals surface area contributed by atoms with Gasteiger partial charge in [0.15, 0.2) is 0 Å². The molecule has 0 unspecified atom stereocenters. The monoisotopic (exact) mass is 546 g/mol. The summed E-state index contributed by atoms with van der Waals surface area (Å²) >= 11 is 0. The maximum atomic E-state index is 12.3. The van der Waals surface area contributed by atoms with E-state index in [1.54, 1.807) is 6.20 Å². The number of carbonyl (C=O) groups excluding carboxylic acids is 1. The molecule has 0 amide bonds. The van der Waals surface area contributed by atoms with Gasteiger partial charge < -0.3 is 19.2 Å². The number of hydrogen-bond donors (Lipinski definition) is 1. The second kappa shape index (κ2) is 12.5. The van der Waals surface area contributed by atoms with Gasteiger partial charge in [-0.25, -0.2) is 4.79 Å². The summed E-state index contributed by atoms with van der Waals surface area (Å²) in [6.45, 7) is 6.65. The van der Waals surface area contributed by atoms with Crippen LogP contribution in [0.15, 0.2) is 122 Å². The van der Waals surface area contributed by atoms with Crippen LogP contribution in [-0.4, -0.2) is 21.2 Å². The minimum absolute atomic E-state index is 0.391. The second-order valence-electron chi connectivity index (χ2n) is 10.7. The minimum atomic E-state index is -0.533. The predicted octanol–water partition coefficient (Wildman–Crippen LogP) is 8.75. The zero-order valence-corrected chi connectivity index (χ0v) is 23.5. The number of nitrogens with one attached hydrogen (secondary N) is 1. The van der Waals surface area contributed by atoms with Crippen molar-refractivity contribution in [1.82, 2.24) is 9.55 Å². The number of benzene rings is 4. The van der Waals surface area contributed by atoms with Crippen LogP contribution in [0.4, 0.5) is 4.79 Å². The molecule has 0 bridgehead atoms. The normalized spacial score (nSPS) is 11.1. The molecule has 0 aliphatic rings. The standard InChI is InChI=1S/C20H21NO3.C15H13NO/c1-20(2,3)24-19(22)21-12-11-16-9-10-17(13-18(16)21)23-14-15-7-5-4-6-8-15;1-2-4-12(5-3-1)11-17-14-7-6-13-8-9-16-15(13)10-14/h4-13H,14H2,1-3H3;1-10,16H,11H2. The van der Waals surface area contributed by atoms with Gasteiger partial charge in [0.2, 0.25) is 0 Å². The van der Waals surface area contributed by atoms with Crippen molar-refractivity contribution >= 4 is 27.9 Å². The number of hydrogen-bond acceptors (Lipinski definition) is 4. The van der Waals surface area contributed by atoms with Gasteiger partial charge in [-0.15, -0.1) is 0 Å². The van der Waals surface area contributed by atoms with Crippen LogP contribution >= 0.6 is 0 Å². The summed E-state index contributed by atoms with van der Waals surface area (Å²) < 4.78 is 18.5. The van der Waals surface area contributed by atoms with E-state index in [1.165, 1.54) is 15.5 Å². The highest BCUT2D eigenvalue weighted by Crippen LogP contribution is 2.24. The van der Waals surface area contributed by atoms with Gasteiger partial charge in [-0.2, -0.15) is 0 Å². The zero-order valence-electron chi connectivity index (χ0n) is 23.5. The smallest absolute Gasteiger partial charge is 0.418 e. The maximum absolute atomic E-state index is 12.3. The molecule has 0 aliphatic carbocycles. The molecule has 0 saturated carbocycles. The Morgan fingerprint density at radius 3 is 1.90 bits per heavy atom. The lowest BCUT2D eigenvalue weighted by Gasteiger charge is -2.19. The van der Waals surface area contributed by atoms with E-state index in [1.807, 2.05) is 112 Å². The number of ether oxygens (including phenoxy) is 3. The number of aromatic amines is 1. The average Bonchev–Trinajstić information content (AvgIpc) is 3.62. The molecular formula is C35H34N2O4. The van der Waals surface area contributed by atoms with Gasteiger partial charge in [-0.1, -0.05) is 60.7 Å². The second-order valence-corrected chi connectivity index (χ2v) is 10.7. The fraction of sp³-hybridized carbons (Fsp3) is 0.171. The van der Waals surface area contributed by atoms with Gasteiger partial charge in [0.05, 0.1) is 5.52 Å². The van der Waals surface area contributed by atoms with Crippen molar-refractivity contribution in [3.63, 3.8) is 0 Å². The SMILES string of the molecule is CC(C)(C)OC(=O)n1ccc2ccc(OCc3ccccc3)cc21.c1ccc(COc2ccc3cc[nH]c3c2)cc1. The van der Waals surface area contributed by atoms with Gasteiger partial charge in [0.25, 0.3) is 0 Å². The summed E-state index contributed by atoms with van der Waals surface area (Å²) in [6, 6.07) is 35.9. The van der Waals surface area contributed by atoms with Gasteiger partial charge in [-0.3, -0.25) is 4.57 Å². The molecule has 208 valence electrons. The molecule has 0 atom stereocenters. The summed E-state index contributed by atoms with van der Waals surface area (Å²) in [6.07, 6.45) is 3.27. The lowest BCUT2D eigenvalue weighted by atomic mass is 10.2. The van der Waals surface area contributed by atoms with E-state index in [-0.39, 0.29) is 0 Å². The first kappa shape index (κ1) is 27.6. The quantitative estimate of drug-likeness (QED) is 0.227. The fourth-order valence-corrected chi connectivity index (χ4v) is 4.27. The largest absolute Gasteiger partial charge is 0.489 e. The first-order chi connectivity index (χ1) is 19.8. The summed E-state index contributed by atoms with van der Waals surface area (Å²) in [5.41, 5.74) is 3.62. The van der Waals surface area contributed by atoms with Crippen LogP contribution in [0.5, 0.6) is 11.5 Å². The van der Waals surface area contributed by atoms with Crippen molar-refractivity contribution < 1.29 is 19.0 Å². The first-order valence-electron chi connectivity index (χ1n) is 13.6. The number of H-pyrrole nitrogens is 1. The predicted molar refractivity (Wildman–Crippen MR) is 163 cm³/mol. The Balaban J connectivity index is 0.000000174. The third kappa shape index (κ3) is 7.57. The molecular weight excluding hydrogens is 512 g/mol. The molecule has 0 aliphatic heterocycles. The molecule has 0 radical (unpaired) electrons. The molecule has 0 saturated heterocycles. The Kier molecular flexibility index (Phi) is 8.39. The van der Waals surface area contributed by atoms with Crippen LogP contribution in [0.3, 0.4) is 0 Å². The summed E-state index contributed by atoms with van der Waals surface area (Å²) in [7, 11) is 0. The Hall–Kier alpha value is -4.97. The summed E-state index contributed by atoms with van der Waals surface area (Å²) in [5, 5.41) is 2.17. The van der Waals surface area contributed by atoms with Gasteiger partial charge in [0.1, 0.15) is 30.3 Å². The van der Waals surface area contributed by atoms with E-state index < -0.39 is 11.7 Å². The number of rotatable bonds is 6. The van der Waals surface area contributed by atoms with Crippen LogP contribution in [0, 0.1) is 0 Å². The van der Waals surface area contributed by atoms with Crippen molar-refractivity contribution in [1.29, 1.82) is 0 Å². The first-order valence-corrected chi connectivity index (χ1v) is 13.6. The van der Waals surface area contributed by atoms with E-state index in [2.05, 4.69) is 29.2 Å². The van der Waals surface area contributed by atoms with Crippen LogP contribution in [0.2, 0.25) is 0 Å². The van der Waals surface area contributed by atoms with Gasteiger partial charge in [-0.05, 0) is 73.7 Å². The average molecular weight is 547 g/mol. The third-order valence-corrected chi connectivity index (χ3v) is 6.28. The maximum Gasteiger partial charge on any atom is 0.418 e. The summed E-state index contributed by atoms with van der Waals surface area (Å²) in [5.74, 6) is 1.61. The van der Waals surface area contributed by atoms with Gasteiger partial charge >= 0.3 is 6.09 Å².